The second-order valence-electron chi connectivity index (χ2n) is 5.24. The lowest BCUT2D eigenvalue weighted by Crippen LogP contribution is -2.33. The highest BCUT2D eigenvalue weighted by atomic mass is 19.1. The van der Waals surface area contributed by atoms with E-state index in [0.29, 0.717) is 24.4 Å². The molecule has 104 valence electrons. The molecule has 1 aliphatic rings. The highest BCUT2D eigenvalue weighted by Gasteiger charge is 2.19. The van der Waals surface area contributed by atoms with Gasteiger partial charge in [-0.3, -0.25) is 4.79 Å². The van der Waals surface area contributed by atoms with Crippen LogP contribution in [0.1, 0.15) is 24.8 Å². The fourth-order valence-corrected chi connectivity index (χ4v) is 2.46. The molecule has 2 rings (SSSR count). The van der Waals surface area contributed by atoms with Crippen molar-refractivity contribution in [3.05, 3.63) is 35.6 Å². The number of halogens is 1. The van der Waals surface area contributed by atoms with Crippen LogP contribution in [0.2, 0.25) is 0 Å². The van der Waals surface area contributed by atoms with Gasteiger partial charge in [-0.25, -0.2) is 4.39 Å². The molecule has 0 aromatic heterocycles. The largest absolute Gasteiger partial charge is 0.341 e. The summed E-state index contributed by atoms with van der Waals surface area (Å²) in [4.78, 5) is 13.7. The molecule has 0 spiro atoms. The molecule has 0 bridgehead atoms. The maximum Gasteiger partial charge on any atom is 0.222 e. The van der Waals surface area contributed by atoms with E-state index in [1.165, 1.54) is 6.07 Å². The standard InChI is InChI=1S/C15H21FN2O/c1-18(11-13-4-2-3-5-14(13)16)15(19)10-12-6-8-17-9-7-12/h2-5,12,17H,6-11H2,1H3. The zero-order chi connectivity index (χ0) is 13.7. The molecule has 0 atom stereocenters. The Balaban J connectivity index is 1.87. The Morgan fingerprint density at radius 2 is 2.05 bits per heavy atom. The topological polar surface area (TPSA) is 32.3 Å². The second kappa shape index (κ2) is 6.66. The van der Waals surface area contributed by atoms with E-state index in [4.69, 9.17) is 0 Å². The number of rotatable bonds is 4. The molecule has 1 aromatic rings. The molecule has 1 aromatic carbocycles. The van der Waals surface area contributed by atoms with E-state index >= 15 is 0 Å². The van der Waals surface area contributed by atoms with Crippen LogP contribution < -0.4 is 5.32 Å². The molecule has 1 amide bonds. The van der Waals surface area contributed by atoms with Crippen LogP contribution in [-0.2, 0) is 11.3 Å². The SMILES string of the molecule is CN(Cc1ccccc1F)C(=O)CC1CCNCC1. The maximum absolute atomic E-state index is 13.5. The minimum atomic E-state index is -0.246. The van der Waals surface area contributed by atoms with Gasteiger partial charge in [-0.1, -0.05) is 18.2 Å². The molecular weight excluding hydrogens is 243 g/mol. The molecule has 1 aliphatic heterocycles. The van der Waals surface area contributed by atoms with Gasteiger partial charge in [0, 0.05) is 25.6 Å². The average Bonchev–Trinajstić information content (AvgIpc) is 2.42. The average molecular weight is 264 g/mol. The molecule has 1 N–H and O–H groups in total. The highest BCUT2D eigenvalue weighted by Crippen LogP contribution is 2.18. The summed E-state index contributed by atoms with van der Waals surface area (Å²) in [6.45, 7) is 2.33. The van der Waals surface area contributed by atoms with Crippen molar-refractivity contribution < 1.29 is 9.18 Å². The van der Waals surface area contributed by atoms with E-state index in [9.17, 15) is 9.18 Å². The lowest BCUT2D eigenvalue weighted by atomic mass is 9.94. The minimum absolute atomic E-state index is 0.107. The molecule has 19 heavy (non-hydrogen) atoms. The fourth-order valence-electron chi connectivity index (χ4n) is 2.46. The number of carbonyl (C=O) groups excluding carboxylic acids is 1. The van der Waals surface area contributed by atoms with Crippen molar-refractivity contribution in [3.63, 3.8) is 0 Å². The molecule has 1 saturated heterocycles. The van der Waals surface area contributed by atoms with Gasteiger partial charge in [0.2, 0.25) is 5.91 Å². The number of hydrogen-bond acceptors (Lipinski definition) is 2. The zero-order valence-corrected chi connectivity index (χ0v) is 11.4. The van der Waals surface area contributed by atoms with Gasteiger partial charge in [0.05, 0.1) is 0 Å². The van der Waals surface area contributed by atoms with Crippen LogP contribution >= 0.6 is 0 Å². The van der Waals surface area contributed by atoms with Gasteiger partial charge < -0.3 is 10.2 Å². The van der Waals surface area contributed by atoms with Crippen molar-refractivity contribution in [2.75, 3.05) is 20.1 Å². The monoisotopic (exact) mass is 264 g/mol. The third-order valence-electron chi connectivity index (χ3n) is 3.71. The zero-order valence-electron chi connectivity index (χ0n) is 11.4. The third-order valence-corrected chi connectivity index (χ3v) is 3.71. The van der Waals surface area contributed by atoms with Gasteiger partial charge in [-0.2, -0.15) is 0 Å². The third kappa shape index (κ3) is 4.03. The van der Waals surface area contributed by atoms with Crippen LogP contribution in [0.25, 0.3) is 0 Å². The van der Waals surface area contributed by atoms with Crippen LogP contribution in [0.5, 0.6) is 0 Å². The Bertz CT molecular complexity index is 430. The van der Waals surface area contributed by atoms with Crippen LogP contribution in [-0.4, -0.2) is 30.9 Å². The molecule has 0 aliphatic carbocycles. The molecule has 0 unspecified atom stereocenters. The first kappa shape index (κ1) is 14.0. The normalized spacial score (nSPS) is 16.3. The number of nitrogens with one attached hydrogen (secondary N) is 1. The number of amides is 1. The Morgan fingerprint density at radius 3 is 2.74 bits per heavy atom. The van der Waals surface area contributed by atoms with Gasteiger partial charge >= 0.3 is 0 Å². The van der Waals surface area contributed by atoms with E-state index in [1.54, 1.807) is 30.1 Å². The van der Waals surface area contributed by atoms with Gasteiger partial charge in [-0.05, 0) is 37.9 Å². The van der Waals surface area contributed by atoms with Crippen molar-refractivity contribution in [2.24, 2.45) is 5.92 Å². The van der Waals surface area contributed by atoms with E-state index < -0.39 is 0 Å². The summed E-state index contributed by atoms with van der Waals surface area (Å²) >= 11 is 0. The van der Waals surface area contributed by atoms with E-state index in [2.05, 4.69) is 5.32 Å². The van der Waals surface area contributed by atoms with Gasteiger partial charge in [0.1, 0.15) is 5.82 Å². The smallest absolute Gasteiger partial charge is 0.222 e. The lowest BCUT2D eigenvalue weighted by molar-refractivity contribution is -0.131. The van der Waals surface area contributed by atoms with Gasteiger partial charge in [-0.15, -0.1) is 0 Å². The van der Waals surface area contributed by atoms with Crippen molar-refractivity contribution in [1.29, 1.82) is 0 Å². The van der Waals surface area contributed by atoms with Crippen molar-refractivity contribution >= 4 is 5.91 Å². The first-order chi connectivity index (χ1) is 9.16. The maximum atomic E-state index is 13.5. The Morgan fingerprint density at radius 1 is 1.37 bits per heavy atom. The Hall–Kier alpha value is -1.42. The van der Waals surface area contributed by atoms with E-state index in [-0.39, 0.29) is 11.7 Å². The molecule has 3 nitrogen and oxygen atoms in total. The number of nitrogens with zero attached hydrogens (tertiary/aromatic N) is 1. The molecule has 1 fully saturated rings. The summed E-state index contributed by atoms with van der Waals surface area (Å²) in [6, 6.07) is 6.61. The number of carbonyl (C=O) groups is 1. The first-order valence-corrected chi connectivity index (χ1v) is 6.85. The Kier molecular flexibility index (Phi) is 4.91. The Labute approximate surface area is 113 Å². The van der Waals surface area contributed by atoms with E-state index in [0.717, 1.165) is 25.9 Å². The summed E-state index contributed by atoms with van der Waals surface area (Å²) in [5, 5.41) is 3.29. The van der Waals surface area contributed by atoms with Crippen molar-refractivity contribution in [3.8, 4) is 0 Å². The van der Waals surface area contributed by atoms with Gasteiger partial charge in [0.15, 0.2) is 0 Å². The summed E-state index contributed by atoms with van der Waals surface area (Å²) in [7, 11) is 1.75. The van der Waals surface area contributed by atoms with Crippen LogP contribution in [0.3, 0.4) is 0 Å². The molecule has 0 saturated carbocycles. The number of benzene rings is 1. The molecule has 1 heterocycles. The quantitative estimate of drug-likeness (QED) is 0.904. The lowest BCUT2D eigenvalue weighted by Gasteiger charge is -2.25. The van der Waals surface area contributed by atoms with Gasteiger partial charge in [0.25, 0.3) is 0 Å². The first-order valence-electron chi connectivity index (χ1n) is 6.85. The summed E-state index contributed by atoms with van der Waals surface area (Å²) < 4.78 is 13.5. The summed E-state index contributed by atoms with van der Waals surface area (Å²) in [5.41, 5.74) is 0.573. The molecule has 0 radical (unpaired) electrons. The van der Waals surface area contributed by atoms with Crippen LogP contribution in [0.15, 0.2) is 24.3 Å². The van der Waals surface area contributed by atoms with Crippen LogP contribution in [0.4, 0.5) is 4.39 Å². The second-order valence-corrected chi connectivity index (χ2v) is 5.24. The molecule has 4 heteroatoms. The fraction of sp³-hybridized carbons (Fsp3) is 0.533. The number of piperidine rings is 1. The predicted molar refractivity (Wildman–Crippen MR) is 73.1 cm³/mol. The highest BCUT2D eigenvalue weighted by molar-refractivity contribution is 5.76. The summed E-state index contributed by atoms with van der Waals surface area (Å²) in [5.74, 6) is 0.330. The number of hydrogen-bond donors (Lipinski definition) is 1. The predicted octanol–water partition coefficient (Wildman–Crippen LogP) is 2.17. The van der Waals surface area contributed by atoms with E-state index in [1.807, 2.05) is 0 Å². The molecular formula is C15H21FN2O. The van der Waals surface area contributed by atoms with Crippen LogP contribution in [0, 0.1) is 11.7 Å². The van der Waals surface area contributed by atoms with Crippen molar-refractivity contribution in [1.82, 2.24) is 10.2 Å². The minimum Gasteiger partial charge on any atom is -0.341 e. The summed E-state index contributed by atoms with van der Waals surface area (Å²) in [6.07, 6.45) is 2.69. The van der Waals surface area contributed by atoms with Crippen molar-refractivity contribution in [2.45, 2.75) is 25.8 Å².